The third-order valence-electron chi connectivity index (χ3n) is 7.36. The molecular weight excluding hydrogens is 696 g/mol. The topological polar surface area (TPSA) is 135 Å². The molecule has 0 unspecified atom stereocenters. The van der Waals surface area contributed by atoms with E-state index in [0.29, 0.717) is 35.6 Å². The second-order valence-corrected chi connectivity index (χ2v) is 10.8. The zero-order chi connectivity index (χ0) is 35.0. The van der Waals surface area contributed by atoms with Gasteiger partial charge in [-0.3, -0.25) is 20.2 Å². The van der Waals surface area contributed by atoms with Gasteiger partial charge in [0.1, 0.15) is 13.2 Å². The van der Waals surface area contributed by atoms with Crippen LogP contribution in [0.5, 0.6) is 0 Å². The zero-order valence-electron chi connectivity index (χ0n) is 27.4. The van der Waals surface area contributed by atoms with Gasteiger partial charge in [0.05, 0.1) is 11.4 Å². The molecule has 4 aromatic rings. The van der Waals surface area contributed by atoms with Crippen LogP contribution in [-0.2, 0) is 36.1 Å². The second kappa shape index (κ2) is 19.7. The number of ether oxygens (including phenoxy) is 2. The Balaban J connectivity index is 0.000000224. The number of nitrogens with one attached hydrogen (secondary N) is 4. The molecule has 4 aromatic carbocycles. The molecule has 10 nitrogen and oxygen atoms in total. The van der Waals surface area contributed by atoms with Crippen LogP contribution < -0.4 is 21.3 Å². The van der Waals surface area contributed by atoms with Crippen molar-refractivity contribution in [1.29, 1.82) is 0 Å². The van der Waals surface area contributed by atoms with Crippen LogP contribution in [0, 0.1) is 0 Å². The average Bonchev–Trinajstić information content (AvgIpc) is 3.13. The molecule has 6 rings (SSSR count). The van der Waals surface area contributed by atoms with Crippen LogP contribution in [0.15, 0.2) is 157 Å². The summed E-state index contributed by atoms with van der Waals surface area (Å²) in [5, 5.41) is 15.4. The SMILES string of the molecule is O=C(Nc1cccc2ccccc12)OCCNC=C1C=CC=CC1=O.O=C(Nc1cccc2ccccc12)OCCNC=C1C=CC=CC1=O.[Cu]. The van der Waals surface area contributed by atoms with Gasteiger partial charge in [0.2, 0.25) is 0 Å². The van der Waals surface area contributed by atoms with Crippen molar-refractivity contribution in [3.8, 4) is 0 Å². The van der Waals surface area contributed by atoms with Gasteiger partial charge in [-0.05, 0) is 47.2 Å². The minimum atomic E-state index is -0.512. The number of amides is 2. The average molecular weight is 732 g/mol. The van der Waals surface area contributed by atoms with Gasteiger partial charge >= 0.3 is 12.2 Å². The first-order valence-electron chi connectivity index (χ1n) is 16.0. The van der Waals surface area contributed by atoms with Crippen molar-refractivity contribution < 1.29 is 45.7 Å². The third kappa shape index (κ3) is 11.5. The summed E-state index contributed by atoms with van der Waals surface area (Å²) in [7, 11) is 0. The molecular formula is C40H36CuN4O6. The van der Waals surface area contributed by atoms with E-state index in [-0.39, 0.29) is 41.8 Å². The Bertz CT molecular complexity index is 1910. The van der Waals surface area contributed by atoms with Crippen LogP contribution in [0.2, 0.25) is 0 Å². The molecule has 263 valence electrons. The van der Waals surface area contributed by atoms with Crippen molar-refractivity contribution in [2.75, 3.05) is 36.9 Å². The maximum Gasteiger partial charge on any atom is 0.411 e. The van der Waals surface area contributed by atoms with Gasteiger partial charge in [-0.2, -0.15) is 0 Å². The van der Waals surface area contributed by atoms with Gasteiger partial charge in [0.25, 0.3) is 0 Å². The molecule has 0 bridgehead atoms. The molecule has 1 radical (unpaired) electrons. The molecule has 2 aliphatic rings. The Hall–Kier alpha value is -6.16. The normalized spacial score (nSPS) is 14.4. The van der Waals surface area contributed by atoms with E-state index < -0.39 is 12.2 Å². The predicted molar refractivity (Wildman–Crippen MR) is 197 cm³/mol. The summed E-state index contributed by atoms with van der Waals surface area (Å²) < 4.78 is 10.3. The van der Waals surface area contributed by atoms with E-state index in [1.807, 2.05) is 84.9 Å². The first-order chi connectivity index (χ1) is 24.5. The van der Waals surface area contributed by atoms with Crippen LogP contribution in [0.4, 0.5) is 21.0 Å². The molecule has 0 aliphatic heterocycles. The molecule has 0 aromatic heterocycles. The molecule has 0 fully saturated rings. The molecule has 0 spiro atoms. The number of ketones is 2. The maximum absolute atomic E-state index is 11.9. The van der Waals surface area contributed by atoms with E-state index in [4.69, 9.17) is 9.47 Å². The molecule has 0 heterocycles. The quantitative estimate of drug-likeness (QED) is 0.0771. The van der Waals surface area contributed by atoms with E-state index in [1.165, 1.54) is 12.2 Å². The van der Waals surface area contributed by atoms with E-state index in [9.17, 15) is 19.2 Å². The fourth-order valence-corrected chi connectivity index (χ4v) is 4.93. The molecule has 2 amide bonds. The van der Waals surface area contributed by atoms with Crippen molar-refractivity contribution in [2.24, 2.45) is 0 Å². The number of rotatable bonds is 10. The summed E-state index contributed by atoms with van der Waals surface area (Å²) in [4.78, 5) is 46.9. The standard InChI is InChI=1S/2C20H18N2O3.Cu/c2*23-19-11-4-2-7-16(19)14-21-12-13-25-20(24)22-18-10-5-8-15-6-1-3-9-17(15)18;/h2*1-11,14,21H,12-13H2,(H,22,24);. The summed E-state index contributed by atoms with van der Waals surface area (Å²) in [5.74, 6) is -0.103. The van der Waals surface area contributed by atoms with Gasteiger partial charge in [-0.25, -0.2) is 9.59 Å². The molecule has 0 atom stereocenters. The van der Waals surface area contributed by atoms with Gasteiger partial charge in [-0.15, -0.1) is 0 Å². The van der Waals surface area contributed by atoms with Crippen LogP contribution in [0.3, 0.4) is 0 Å². The Kier molecular flexibility index (Phi) is 14.6. The summed E-state index contributed by atoms with van der Waals surface area (Å²) in [6.07, 6.45) is 15.6. The number of benzene rings is 4. The monoisotopic (exact) mass is 731 g/mol. The summed E-state index contributed by atoms with van der Waals surface area (Å²) >= 11 is 0. The van der Waals surface area contributed by atoms with Crippen LogP contribution in [-0.4, -0.2) is 50.1 Å². The van der Waals surface area contributed by atoms with Gasteiger partial charge in [-0.1, -0.05) is 97.1 Å². The van der Waals surface area contributed by atoms with E-state index in [2.05, 4.69) is 21.3 Å². The Morgan fingerprint density at radius 3 is 1.35 bits per heavy atom. The van der Waals surface area contributed by atoms with Crippen molar-refractivity contribution >= 4 is 56.7 Å². The Morgan fingerprint density at radius 2 is 0.922 bits per heavy atom. The largest absolute Gasteiger partial charge is 0.447 e. The predicted octanol–water partition coefficient (Wildman–Crippen LogP) is 7.11. The Morgan fingerprint density at radius 1 is 0.529 bits per heavy atom. The summed E-state index contributed by atoms with van der Waals surface area (Å²) in [6.45, 7) is 1.21. The van der Waals surface area contributed by atoms with Crippen molar-refractivity contribution in [1.82, 2.24) is 10.6 Å². The summed E-state index contributed by atoms with van der Waals surface area (Å²) in [5.41, 5.74) is 2.57. The van der Waals surface area contributed by atoms with Gasteiger partial charge in [0.15, 0.2) is 11.6 Å². The zero-order valence-corrected chi connectivity index (χ0v) is 28.4. The first kappa shape index (κ1) is 37.7. The van der Waals surface area contributed by atoms with Crippen LogP contribution in [0.25, 0.3) is 21.5 Å². The van der Waals surface area contributed by atoms with Crippen LogP contribution in [0.1, 0.15) is 0 Å². The minimum Gasteiger partial charge on any atom is -0.447 e. The number of allylic oxidation sites excluding steroid dienone is 10. The fraction of sp³-hybridized carbons (Fsp3) is 0.100. The molecule has 11 heteroatoms. The molecule has 0 saturated heterocycles. The number of anilines is 2. The smallest absolute Gasteiger partial charge is 0.411 e. The third-order valence-corrected chi connectivity index (χ3v) is 7.36. The van der Waals surface area contributed by atoms with E-state index in [0.717, 1.165) is 21.5 Å². The fourth-order valence-electron chi connectivity index (χ4n) is 4.93. The second-order valence-electron chi connectivity index (χ2n) is 10.8. The van der Waals surface area contributed by atoms with Gasteiger partial charge in [0, 0.05) is 64.5 Å². The van der Waals surface area contributed by atoms with Gasteiger partial charge < -0.3 is 20.1 Å². The Labute approximate surface area is 306 Å². The minimum absolute atomic E-state index is 0. The van der Waals surface area contributed by atoms with Crippen molar-refractivity contribution in [2.45, 2.75) is 0 Å². The molecule has 2 aliphatic carbocycles. The number of hydrogen-bond donors (Lipinski definition) is 4. The van der Waals surface area contributed by atoms with Crippen molar-refractivity contribution in [3.05, 3.63) is 157 Å². The number of carbonyl (C=O) groups excluding carboxylic acids is 4. The molecule has 4 N–H and O–H groups in total. The molecule has 0 saturated carbocycles. The van der Waals surface area contributed by atoms with E-state index in [1.54, 1.807) is 48.9 Å². The van der Waals surface area contributed by atoms with Crippen LogP contribution >= 0.6 is 0 Å². The number of carbonyl (C=O) groups is 4. The maximum atomic E-state index is 11.9. The number of hydrogen-bond acceptors (Lipinski definition) is 8. The number of fused-ring (bicyclic) bond motifs is 2. The first-order valence-corrected chi connectivity index (χ1v) is 16.0. The summed E-state index contributed by atoms with van der Waals surface area (Å²) in [6, 6.07) is 27.0. The molecule has 51 heavy (non-hydrogen) atoms. The van der Waals surface area contributed by atoms with E-state index >= 15 is 0 Å². The van der Waals surface area contributed by atoms with Crippen molar-refractivity contribution in [3.63, 3.8) is 0 Å².